The Labute approximate surface area is 92.0 Å². The maximum Gasteiger partial charge on any atom is 0.221 e. The molecule has 0 radical (unpaired) electrons. The minimum Gasteiger partial charge on any atom is -0.369 e. The molecule has 1 fully saturated rings. The molecule has 3 rings (SSSR count). The highest BCUT2D eigenvalue weighted by atomic mass is 35.5. The van der Waals surface area contributed by atoms with E-state index in [0.717, 1.165) is 17.9 Å². The molecular weight excluding hydrogens is 214 g/mol. The van der Waals surface area contributed by atoms with Gasteiger partial charge in [-0.3, -0.25) is 4.79 Å². The van der Waals surface area contributed by atoms with Crippen molar-refractivity contribution in [3.05, 3.63) is 22.8 Å². The molecule has 0 bridgehead atoms. The first kappa shape index (κ1) is 8.97. The molecule has 15 heavy (non-hydrogen) atoms. The highest BCUT2D eigenvalue weighted by molar-refractivity contribution is 6.30. The summed E-state index contributed by atoms with van der Waals surface area (Å²) in [5.74, 6) is 0.959. The van der Waals surface area contributed by atoms with Crippen molar-refractivity contribution in [3.63, 3.8) is 0 Å². The predicted molar refractivity (Wildman–Crippen MR) is 57.0 cm³/mol. The Balaban J connectivity index is 2.10. The van der Waals surface area contributed by atoms with E-state index in [9.17, 15) is 4.79 Å². The van der Waals surface area contributed by atoms with E-state index in [1.54, 1.807) is 6.20 Å². The molecule has 0 unspecified atom stereocenters. The lowest BCUT2D eigenvalue weighted by Crippen LogP contribution is -2.30. The van der Waals surface area contributed by atoms with Gasteiger partial charge in [0.1, 0.15) is 5.82 Å². The Bertz CT molecular complexity index is 448. The second-order valence-electron chi connectivity index (χ2n) is 4.14. The number of pyridine rings is 1. The fourth-order valence-corrected chi connectivity index (χ4v) is 2.51. The number of halogens is 1. The van der Waals surface area contributed by atoms with Crippen molar-refractivity contribution in [1.82, 2.24) is 10.3 Å². The van der Waals surface area contributed by atoms with Crippen molar-refractivity contribution in [2.45, 2.75) is 11.8 Å². The standard InChI is InChI=1S/C10H10ClN3O/c11-6-1-7-9(12-3-6)14-5-10(7)2-8(15)13-4-10/h1,3H,2,4-5H2,(H,12,14)(H,13,15)/t10-/m1/s1. The van der Waals surface area contributed by atoms with E-state index in [4.69, 9.17) is 11.6 Å². The van der Waals surface area contributed by atoms with Gasteiger partial charge in [-0.2, -0.15) is 0 Å². The van der Waals surface area contributed by atoms with Crippen LogP contribution in [0.5, 0.6) is 0 Å². The molecule has 1 atom stereocenters. The normalized spacial score (nSPS) is 27.7. The number of anilines is 1. The molecule has 1 saturated heterocycles. The Morgan fingerprint density at radius 2 is 2.20 bits per heavy atom. The first-order chi connectivity index (χ1) is 7.20. The van der Waals surface area contributed by atoms with Crippen LogP contribution in [0, 0.1) is 0 Å². The van der Waals surface area contributed by atoms with Crippen LogP contribution in [0.4, 0.5) is 5.82 Å². The number of carbonyl (C=O) groups is 1. The van der Waals surface area contributed by atoms with Gasteiger partial charge in [-0.25, -0.2) is 4.98 Å². The Kier molecular flexibility index (Phi) is 1.71. The second-order valence-corrected chi connectivity index (χ2v) is 4.57. The predicted octanol–water partition coefficient (Wildman–Crippen LogP) is 0.918. The Morgan fingerprint density at radius 3 is 2.93 bits per heavy atom. The molecule has 78 valence electrons. The highest BCUT2D eigenvalue weighted by Gasteiger charge is 2.45. The number of aromatic nitrogens is 1. The second kappa shape index (κ2) is 2.85. The van der Waals surface area contributed by atoms with Crippen LogP contribution in [0.3, 0.4) is 0 Å². The molecule has 2 aliphatic rings. The summed E-state index contributed by atoms with van der Waals surface area (Å²) in [6, 6.07) is 1.91. The number of rotatable bonds is 0. The third kappa shape index (κ3) is 1.21. The quantitative estimate of drug-likeness (QED) is 0.688. The molecule has 2 N–H and O–H groups in total. The molecule has 1 aromatic heterocycles. The zero-order valence-corrected chi connectivity index (χ0v) is 8.77. The first-order valence-electron chi connectivity index (χ1n) is 4.86. The number of nitrogens with zero attached hydrogens (tertiary/aromatic N) is 1. The van der Waals surface area contributed by atoms with E-state index in [0.29, 0.717) is 18.0 Å². The summed E-state index contributed by atoms with van der Waals surface area (Å²) in [5.41, 5.74) is 0.929. The molecule has 1 spiro atoms. The summed E-state index contributed by atoms with van der Waals surface area (Å²) < 4.78 is 0. The van der Waals surface area contributed by atoms with Crippen LogP contribution in [0.1, 0.15) is 12.0 Å². The third-order valence-corrected chi connectivity index (χ3v) is 3.35. The molecule has 1 amide bonds. The van der Waals surface area contributed by atoms with Gasteiger partial charge in [0.25, 0.3) is 0 Å². The van der Waals surface area contributed by atoms with Crippen molar-refractivity contribution in [3.8, 4) is 0 Å². The first-order valence-corrected chi connectivity index (χ1v) is 5.24. The summed E-state index contributed by atoms with van der Waals surface area (Å²) in [4.78, 5) is 15.5. The summed E-state index contributed by atoms with van der Waals surface area (Å²) in [7, 11) is 0. The average molecular weight is 224 g/mol. The van der Waals surface area contributed by atoms with Crippen molar-refractivity contribution in [2.75, 3.05) is 18.4 Å². The van der Waals surface area contributed by atoms with Gasteiger partial charge in [0.2, 0.25) is 5.91 Å². The SMILES string of the molecule is O=C1C[C@@]2(CN1)CNc1ncc(Cl)cc12. The highest BCUT2D eigenvalue weighted by Crippen LogP contribution is 2.40. The van der Waals surface area contributed by atoms with Gasteiger partial charge in [0, 0.05) is 36.7 Å². The largest absolute Gasteiger partial charge is 0.369 e. The maximum absolute atomic E-state index is 11.3. The van der Waals surface area contributed by atoms with Gasteiger partial charge in [-0.1, -0.05) is 11.6 Å². The smallest absolute Gasteiger partial charge is 0.221 e. The number of nitrogens with one attached hydrogen (secondary N) is 2. The molecule has 2 aliphatic heterocycles. The lowest BCUT2D eigenvalue weighted by molar-refractivity contribution is -0.119. The number of amides is 1. The van der Waals surface area contributed by atoms with Gasteiger partial charge < -0.3 is 10.6 Å². The molecule has 4 nitrogen and oxygen atoms in total. The Hall–Kier alpha value is -1.29. The van der Waals surface area contributed by atoms with Crippen LogP contribution >= 0.6 is 11.6 Å². The van der Waals surface area contributed by atoms with E-state index in [2.05, 4.69) is 15.6 Å². The van der Waals surface area contributed by atoms with E-state index in [1.165, 1.54) is 0 Å². The van der Waals surface area contributed by atoms with Gasteiger partial charge in [-0.15, -0.1) is 0 Å². The topological polar surface area (TPSA) is 54.0 Å². The van der Waals surface area contributed by atoms with Gasteiger partial charge in [0.15, 0.2) is 0 Å². The molecular formula is C10H10ClN3O. The zero-order chi connectivity index (χ0) is 10.5. The van der Waals surface area contributed by atoms with Crippen LogP contribution in [-0.2, 0) is 10.2 Å². The minimum absolute atomic E-state index is 0.102. The van der Waals surface area contributed by atoms with E-state index >= 15 is 0 Å². The summed E-state index contributed by atoms with van der Waals surface area (Å²) in [5, 5.41) is 6.70. The average Bonchev–Trinajstić information content (AvgIpc) is 2.74. The van der Waals surface area contributed by atoms with Crippen molar-refractivity contribution in [1.29, 1.82) is 0 Å². The minimum atomic E-state index is -0.135. The number of hydrogen-bond donors (Lipinski definition) is 2. The fourth-order valence-electron chi connectivity index (χ4n) is 2.35. The summed E-state index contributed by atoms with van der Waals surface area (Å²) >= 11 is 5.93. The number of fused-ring (bicyclic) bond motifs is 2. The molecule has 1 aromatic rings. The molecule has 3 heterocycles. The molecule has 0 aromatic carbocycles. The van der Waals surface area contributed by atoms with Gasteiger partial charge in [-0.05, 0) is 6.07 Å². The molecule has 0 aliphatic carbocycles. The zero-order valence-electron chi connectivity index (χ0n) is 8.01. The maximum atomic E-state index is 11.3. The summed E-state index contributed by atoms with van der Waals surface area (Å²) in [6.07, 6.45) is 2.14. The van der Waals surface area contributed by atoms with E-state index < -0.39 is 0 Å². The van der Waals surface area contributed by atoms with Crippen LogP contribution in [0.25, 0.3) is 0 Å². The third-order valence-electron chi connectivity index (χ3n) is 3.14. The van der Waals surface area contributed by atoms with Crippen LogP contribution in [0.2, 0.25) is 5.02 Å². The monoisotopic (exact) mass is 223 g/mol. The lowest BCUT2D eigenvalue weighted by Gasteiger charge is -2.19. The lowest BCUT2D eigenvalue weighted by atomic mass is 9.82. The van der Waals surface area contributed by atoms with Crippen molar-refractivity contribution >= 4 is 23.3 Å². The van der Waals surface area contributed by atoms with Crippen LogP contribution in [0.15, 0.2) is 12.3 Å². The van der Waals surface area contributed by atoms with Crippen LogP contribution < -0.4 is 10.6 Å². The number of carbonyl (C=O) groups excluding carboxylic acids is 1. The fraction of sp³-hybridized carbons (Fsp3) is 0.400. The Morgan fingerprint density at radius 1 is 1.40 bits per heavy atom. The molecule has 0 saturated carbocycles. The van der Waals surface area contributed by atoms with E-state index in [-0.39, 0.29) is 11.3 Å². The molecule has 5 heteroatoms. The van der Waals surface area contributed by atoms with Crippen LogP contribution in [-0.4, -0.2) is 24.0 Å². The van der Waals surface area contributed by atoms with Gasteiger partial charge in [0.05, 0.1) is 5.02 Å². The van der Waals surface area contributed by atoms with Crippen molar-refractivity contribution < 1.29 is 4.79 Å². The number of hydrogen-bond acceptors (Lipinski definition) is 3. The van der Waals surface area contributed by atoms with Gasteiger partial charge >= 0.3 is 0 Å². The van der Waals surface area contributed by atoms with E-state index in [1.807, 2.05) is 6.07 Å². The van der Waals surface area contributed by atoms with Crippen molar-refractivity contribution in [2.24, 2.45) is 0 Å². The summed E-state index contributed by atoms with van der Waals surface area (Å²) in [6.45, 7) is 1.43.